The van der Waals surface area contributed by atoms with Crippen LogP contribution in [0.25, 0.3) is 0 Å². The first kappa shape index (κ1) is 19.2. The first-order chi connectivity index (χ1) is 14.1. The van der Waals surface area contributed by atoms with Gasteiger partial charge in [-0.15, -0.1) is 0 Å². The molecule has 1 fully saturated rings. The van der Waals surface area contributed by atoms with Gasteiger partial charge in [-0.25, -0.2) is 0 Å². The molecular formula is C21H18N4O3S. The van der Waals surface area contributed by atoms with E-state index in [1.54, 1.807) is 17.0 Å². The van der Waals surface area contributed by atoms with Crippen LogP contribution in [0.1, 0.15) is 23.5 Å². The molecule has 0 spiro atoms. The number of nitriles is 1. The smallest absolute Gasteiger partial charge is 0.269 e. The predicted octanol–water partition coefficient (Wildman–Crippen LogP) is 3.81. The summed E-state index contributed by atoms with van der Waals surface area (Å²) in [5.74, 6) is 0.284. The molecule has 0 aliphatic carbocycles. The Morgan fingerprint density at radius 1 is 1.17 bits per heavy atom. The van der Waals surface area contributed by atoms with Crippen molar-refractivity contribution in [2.75, 3.05) is 12.5 Å². The highest BCUT2D eigenvalue weighted by Gasteiger charge is 2.38. The quantitative estimate of drug-likeness (QED) is 0.566. The Balaban J connectivity index is 1.58. The van der Waals surface area contributed by atoms with Crippen LogP contribution in [0.3, 0.4) is 0 Å². The zero-order valence-corrected chi connectivity index (χ0v) is 16.3. The van der Waals surface area contributed by atoms with Gasteiger partial charge in [0.1, 0.15) is 0 Å². The number of nitro groups is 1. The van der Waals surface area contributed by atoms with Crippen molar-refractivity contribution in [1.82, 2.24) is 9.80 Å². The van der Waals surface area contributed by atoms with Crippen LogP contribution >= 0.6 is 11.8 Å². The van der Waals surface area contributed by atoms with E-state index in [0.29, 0.717) is 23.1 Å². The molecular weight excluding hydrogens is 388 g/mol. The molecule has 2 heterocycles. The highest BCUT2D eigenvalue weighted by molar-refractivity contribution is 8.03. The number of allylic oxidation sites excluding steroid dienone is 1. The molecule has 0 unspecified atom stereocenters. The summed E-state index contributed by atoms with van der Waals surface area (Å²) in [5.41, 5.74) is 2.48. The SMILES string of the molecule is N#CC1=C2SCN(Cc3ccccc3)CN2C(=O)C[C@H]1c1ccc([N+](=O)[O-])cc1. The number of carbonyl (C=O) groups excluding carboxylic acids is 1. The number of fused-ring (bicyclic) bond motifs is 1. The summed E-state index contributed by atoms with van der Waals surface area (Å²) in [4.78, 5) is 27.2. The minimum absolute atomic E-state index is 0.00716. The van der Waals surface area contributed by atoms with E-state index >= 15 is 0 Å². The van der Waals surface area contributed by atoms with E-state index in [4.69, 9.17) is 0 Å². The lowest BCUT2D eigenvalue weighted by molar-refractivity contribution is -0.384. The van der Waals surface area contributed by atoms with Crippen molar-refractivity contribution in [1.29, 1.82) is 5.26 Å². The molecule has 0 N–H and O–H groups in total. The fourth-order valence-electron chi connectivity index (χ4n) is 3.66. The number of nitro benzene ring substituents is 1. The van der Waals surface area contributed by atoms with E-state index in [-0.39, 0.29) is 23.9 Å². The number of nitrogens with zero attached hydrogens (tertiary/aromatic N) is 4. The van der Waals surface area contributed by atoms with Crippen molar-refractivity contribution >= 4 is 23.4 Å². The molecule has 1 saturated heterocycles. The lowest BCUT2D eigenvalue weighted by atomic mass is 9.86. The molecule has 2 aromatic rings. The number of hydrogen-bond acceptors (Lipinski definition) is 6. The summed E-state index contributed by atoms with van der Waals surface area (Å²) < 4.78 is 0. The highest BCUT2D eigenvalue weighted by atomic mass is 32.2. The van der Waals surface area contributed by atoms with Gasteiger partial charge in [0.05, 0.1) is 34.1 Å². The van der Waals surface area contributed by atoms with Crippen molar-refractivity contribution in [3.05, 3.63) is 86.4 Å². The van der Waals surface area contributed by atoms with Gasteiger partial charge in [0.2, 0.25) is 5.91 Å². The molecule has 29 heavy (non-hydrogen) atoms. The number of carbonyl (C=O) groups is 1. The zero-order valence-electron chi connectivity index (χ0n) is 15.5. The minimum Gasteiger partial charge on any atom is -0.292 e. The molecule has 2 aliphatic heterocycles. The second-order valence-corrected chi connectivity index (χ2v) is 7.92. The number of non-ortho nitro benzene ring substituents is 1. The van der Waals surface area contributed by atoms with E-state index in [1.165, 1.54) is 29.5 Å². The molecule has 1 atom stereocenters. The minimum atomic E-state index is -0.459. The second kappa shape index (κ2) is 8.07. The maximum Gasteiger partial charge on any atom is 0.269 e. The Hall–Kier alpha value is -3.15. The van der Waals surface area contributed by atoms with Crippen LogP contribution in [0.5, 0.6) is 0 Å². The van der Waals surface area contributed by atoms with Crippen molar-refractivity contribution in [3.8, 4) is 6.07 Å². The average molecular weight is 406 g/mol. The number of benzene rings is 2. The fourth-order valence-corrected chi connectivity index (χ4v) is 4.80. The Bertz CT molecular complexity index is 1010. The zero-order chi connectivity index (χ0) is 20.4. The van der Waals surface area contributed by atoms with E-state index in [0.717, 1.165) is 12.1 Å². The first-order valence-corrected chi connectivity index (χ1v) is 10.1. The van der Waals surface area contributed by atoms with Crippen molar-refractivity contribution in [2.45, 2.75) is 18.9 Å². The molecule has 0 aromatic heterocycles. The Labute approximate surface area is 172 Å². The van der Waals surface area contributed by atoms with E-state index < -0.39 is 4.92 Å². The molecule has 4 rings (SSSR count). The van der Waals surface area contributed by atoms with Gasteiger partial charge in [0.15, 0.2) is 0 Å². The second-order valence-electron chi connectivity index (χ2n) is 6.99. The third-order valence-corrected chi connectivity index (χ3v) is 6.31. The average Bonchev–Trinajstić information content (AvgIpc) is 2.75. The number of thioether (sulfide) groups is 1. The number of hydrogen-bond donors (Lipinski definition) is 0. The molecule has 0 saturated carbocycles. The number of amides is 1. The summed E-state index contributed by atoms with van der Waals surface area (Å²) in [6.07, 6.45) is 0.184. The highest BCUT2D eigenvalue weighted by Crippen LogP contribution is 2.42. The van der Waals surface area contributed by atoms with Crippen LogP contribution in [-0.4, -0.2) is 33.2 Å². The summed E-state index contributed by atoms with van der Waals surface area (Å²) >= 11 is 1.50. The Morgan fingerprint density at radius 2 is 1.90 bits per heavy atom. The molecule has 0 bridgehead atoms. The van der Waals surface area contributed by atoms with Gasteiger partial charge in [-0.2, -0.15) is 5.26 Å². The molecule has 2 aromatic carbocycles. The number of rotatable bonds is 4. The maximum atomic E-state index is 12.9. The van der Waals surface area contributed by atoms with Gasteiger partial charge in [0.25, 0.3) is 5.69 Å². The lowest BCUT2D eigenvalue weighted by Crippen LogP contribution is -2.46. The fraction of sp³-hybridized carbons (Fsp3) is 0.238. The van der Waals surface area contributed by atoms with E-state index in [2.05, 4.69) is 23.1 Å². The molecule has 7 nitrogen and oxygen atoms in total. The normalized spacial score (nSPS) is 19.6. The van der Waals surface area contributed by atoms with Crippen molar-refractivity contribution in [3.63, 3.8) is 0 Å². The Morgan fingerprint density at radius 3 is 2.55 bits per heavy atom. The summed E-state index contributed by atoms with van der Waals surface area (Å²) in [7, 11) is 0. The topological polar surface area (TPSA) is 90.5 Å². The Kier molecular flexibility index (Phi) is 5.34. The third-order valence-electron chi connectivity index (χ3n) is 5.10. The van der Waals surface area contributed by atoms with E-state index in [1.807, 2.05) is 18.2 Å². The van der Waals surface area contributed by atoms with Gasteiger partial charge < -0.3 is 0 Å². The molecule has 8 heteroatoms. The van der Waals surface area contributed by atoms with Crippen molar-refractivity contribution in [2.24, 2.45) is 0 Å². The maximum absolute atomic E-state index is 12.9. The van der Waals surface area contributed by atoms with Crippen LogP contribution in [0.15, 0.2) is 65.2 Å². The molecule has 2 aliphatic rings. The van der Waals surface area contributed by atoms with Gasteiger partial charge in [-0.1, -0.05) is 54.2 Å². The molecule has 0 radical (unpaired) electrons. The van der Waals surface area contributed by atoms with Gasteiger partial charge in [-0.3, -0.25) is 24.7 Å². The monoisotopic (exact) mass is 406 g/mol. The first-order valence-electron chi connectivity index (χ1n) is 9.15. The van der Waals surface area contributed by atoms with Crippen LogP contribution in [-0.2, 0) is 11.3 Å². The van der Waals surface area contributed by atoms with Crippen LogP contribution in [0.2, 0.25) is 0 Å². The summed E-state index contributed by atoms with van der Waals surface area (Å²) in [6.45, 7) is 1.19. The lowest BCUT2D eigenvalue weighted by Gasteiger charge is -2.41. The van der Waals surface area contributed by atoms with Gasteiger partial charge >= 0.3 is 0 Å². The van der Waals surface area contributed by atoms with Crippen molar-refractivity contribution < 1.29 is 9.72 Å². The largest absolute Gasteiger partial charge is 0.292 e. The third kappa shape index (κ3) is 3.88. The molecule has 1 amide bonds. The van der Waals surface area contributed by atoms with Crippen LogP contribution in [0.4, 0.5) is 5.69 Å². The van der Waals surface area contributed by atoms with Gasteiger partial charge in [0, 0.05) is 31.0 Å². The summed E-state index contributed by atoms with van der Waals surface area (Å²) in [6, 6.07) is 18.5. The standard InChI is InChI=1S/C21H18N4O3S/c22-11-19-18(16-6-8-17(9-7-16)25(27)28)10-20(26)24-13-23(14-29-21(19)24)12-15-4-2-1-3-5-15/h1-9,18H,10,12-14H2/t18-/m0/s1. The van der Waals surface area contributed by atoms with E-state index in [9.17, 15) is 20.2 Å². The van der Waals surface area contributed by atoms with Crippen LogP contribution in [0, 0.1) is 21.4 Å². The van der Waals surface area contributed by atoms with Gasteiger partial charge in [-0.05, 0) is 11.1 Å². The predicted molar refractivity (Wildman–Crippen MR) is 109 cm³/mol. The van der Waals surface area contributed by atoms with Crippen LogP contribution < -0.4 is 0 Å². The molecule has 146 valence electrons. The summed E-state index contributed by atoms with van der Waals surface area (Å²) in [5, 5.41) is 21.4.